The van der Waals surface area contributed by atoms with E-state index in [4.69, 9.17) is 0 Å². The molecule has 1 aromatic heterocycles. The van der Waals surface area contributed by atoms with Crippen molar-refractivity contribution in [1.82, 2.24) is 4.98 Å². The van der Waals surface area contributed by atoms with E-state index in [1.54, 1.807) is 13.8 Å². The van der Waals surface area contributed by atoms with E-state index in [-0.39, 0.29) is 33.8 Å². The molecule has 2 rings (SSSR count). The third-order valence-electron chi connectivity index (χ3n) is 4.80. The van der Waals surface area contributed by atoms with Crippen LogP contribution in [0.3, 0.4) is 0 Å². The zero-order chi connectivity index (χ0) is 23.5. The van der Waals surface area contributed by atoms with Gasteiger partial charge >= 0.3 is 190 Å². The molecule has 31 heavy (non-hydrogen) atoms. The first-order valence-electron chi connectivity index (χ1n) is 10.1. The third kappa shape index (κ3) is 6.10. The van der Waals surface area contributed by atoms with Gasteiger partial charge in [-0.05, 0) is 0 Å². The molecule has 0 unspecified atom stereocenters. The maximum absolute atomic E-state index is 12.9. The van der Waals surface area contributed by atoms with Crippen LogP contribution < -0.4 is 0 Å². The summed E-state index contributed by atoms with van der Waals surface area (Å²) in [7, 11) is -1.80. The van der Waals surface area contributed by atoms with Gasteiger partial charge in [-0.15, -0.1) is 0 Å². The topological polar surface area (TPSA) is 111 Å². The van der Waals surface area contributed by atoms with Crippen LogP contribution in [0.4, 0.5) is 0 Å². The van der Waals surface area contributed by atoms with Crippen LogP contribution in [0.15, 0.2) is 16.3 Å². The number of thiazole rings is 1. The number of aliphatic hydroxyl groups is 2. The number of benzene rings is 1. The molecule has 6 nitrogen and oxygen atoms in total. The molecule has 1 aromatic carbocycles. The van der Waals surface area contributed by atoms with Gasteiger partial charge in [0.05, 0.1) is 0 Å². The summed E-state index contributed by atoms with van der Waals surface area (Å²) in [6, 6.07) is 5.82. The molecule has 1 heterocycles. The van der Waals surface area contributed by atoms with E-state index in [9.17, 15) is 24.5 Å². The van der Waals surface area contributed by atoms with Crippen LogP contribution in [-0.2, 0) is 37.9 Å². The van der Waals surface area contributed by atoms with Crippen molar-refractivity contribution >= 4 is 33.4 Å². The number of carbonyl (C=O) groups is 1. The Morgan fingerprint density at radius 1 is 1.26 bits per heavy atom. The van der Waals surface area contributed by atoms with Gasteiger partial charge in [0.1, 0.15) is 0 Å². The fourth-order valence-corrected chi connectivity index (χ4v) is 5.55. The Morgan fingerprint density at radius 3 is 2.23 bits per heavy atom. The summed E-state index contributed by atoms with van der Waals surface area (Å²) in [6.45, 7) is 10.7. The molecule has 0 aliphatic rings. The van der Waals surface area contributed by atoms with Crippen LogP contribution in [0.5, 0.6) is 0 Å². The molecule has 0 saturated carbocycles. The molecular formula is C22H28BN2O4S2-. The number of nitrogens with zero attached hydrogens (tertiary/aromatic N) is 2. The number of aromatic nitrogens is 1. The van der Waals surface area contributed by atoms with E-state index in [2.05, 4.69) is 11.1 Å². The number of hydrogen-bond donors (Lipinski definition) is 2. The van der Waals surface area contributed by atoms with Crippen molar-refractivity contribution in [2.45, 2.75) is 76.2 Å². The van der Waals surface area contributed by atoms with E-state index in [0.29, 0.717) is 10.6 Å². The molecule has 9 heteroatoms. The van der Waals surface area contributed by atoms with Crippen molar-refractivity contribution in [1.29, 1.82) is 5.26 Å². The van der Waals surface area contributed by atoms with Crippen LogP contribution in [-0.4, -0.2) is 27.0 Å². The van der Waals surface area contributed by atoms with Crippen molar-refractivity contribution in [3.8, 4) is 6.07 Å². The van der Waals surface area contributed by atoms with Gasteiger partial charge in [-0.2, -0.15) is 0 Å². The van der Waals surface area contributed by atoms with Gasteiger partial charge in [0.15, 0.2) is 0 Å². The molecule has 0 fully saturated rings. The molecule has 0 aliphatic heterocycles. The molecular weight excluding hydrogens is 431 g/mol. The van der Waals surface area contributed by atoms with Crippen LogP contribution in [0, 0.1) is 11.3 Å². The Balaban J connectivity index is 2.47. The maximum atomic E-state index is 12.9. The van der Waals surface area contributed by atoms with Gasteiger partial charge in [0.25, 0.3) is 0 Å². The van der Waals surface area contributed by atoms with E-state index < -0.39 is 22.4 Å². The fraction of sp³-hybridized carbons (Fsp3) is 0.500. The van der Waals surface area contributed by atoms with Gasteiger partial charge < -0.3 is 0 Å². The SMILES string of the molecule is CC(C)c1cc(C#N)cc(C(C)C)c1CC(=O)B=[S-](=O)c1sc(C(C)(C)O)nc1CO. The Kier molecular flexibility index (Phi) is 8.34. The van der Waals surface area contributed by atoms with Gasteiger partial charge in [-0.25, -0.2) is 0 Å². The summed E-state index contributed by atoms with van der Waals surface area (Å²) in [6.07, 6.45) is 1.22. The quantitative estimate of drug-likeness (QED) is 0.460. The second kappa shape index (κ2) is 10.2. The minimum absolute atomic E-state index is 0.0735. The zero-order valence-corrected chi connectivity index (χ0v) is 20.4. The van der Waals surface area contributed by atoms with Crippen LogP contribution in [0.2, 0.25) is 0 Å². The first-order valence-corrected chi connectivity index (χ1v) is 12.1. The first kappa shape index (κ1) is 25.4. The Hall–Kier alpha value is -1.86. The average Bonchev–Trinajstić information content (AvgIpc) is 3.12. The second-order valence-electron chi connectivity index (χ2n) is 8.58. The summed E-state index contributed by atoms with van der Waals surface area (Å²) in [5, 5.41) is 29.4. The average molecular weight is 459 g/mol. The fourth-order valence-electron chi connectivity index (χ4n) is 3.26. The molecule has 0 amide bonds. The van der Waals surface area contributed by atoms with Crippen LogP contribution in [0.25, 0.3) is 0 Å². The van der Waals surface area contributed by atoms with Crippen molar-refractivity contribution < 1.29 is 19.2 Å². The summed E-state index contributed by atoms with van der Waals surface area (Å²) in [5.74, 6) is 0.242. The van der Waals surface area contributed by atoms with Gasteiger partial charge in [-0.3, -0.25) is 0 Å². The van der Waals surface area contributed by atoms with Crippen LogP contribution >= 0.6 is 11.3 Å². The Morgan fingerprint density at radius 2 is 1.81 bits per heavy atom. The summed E-state index contributed by atoms with van der Waals surface area (Å²) in [5.41, 5.74) is 1.96. The van der Waals surface area contributed by atoms with Gasteiger partial charge in [0, 0.05) is 0 Å². The minimum atomic E-state index is -1.80. The van der Waals surface area contributed by atoms with Crippen molar-refractivity contribution in [3.63, 3.8) is 0 Å². The first-order chi connectivity index (χ1) is 14.4. The van der Waals surface area contributed by atoms with Crippen LogP contribution in [0.1, 0.15) is 86.3 Å². The Bertz CT molecular complexity index is 1070. The van der Waals surface area contributed by atoms with E-state index in [1.165, 1.54) is 0 Å². The number of rotatable bonds is 8. The van der Waals surface area contributed by atoms with Crippen molar-refractivity contribution in [2.75, 3.05) is 0 Å². The zero-order valence-electron chi connectivity index (χ0n) is 18.7. The molecule has 166 valence electrons. The Labute approximate surface area is 190 Å². The number of nitriles is 1. The van der Waals surface area contributed by atoms with Gasteiger partial charge in [0.2, 0.25) is 0 Å². The standard InChI is InChI=1S/C22H28BN2O4S2/c1-12(2)15-7-14(10-24)8-16(13(3)4)17(15)9-19(27)23-31(29)20-18(11-26)25-21(30-20)22(5,6)28/h7-8,12-13,26,28H,9,11H2,1-6H3/q-1. The van der Waals surface area contributed by atoms with E-state index >= 15 is 0 Å². The second-order valence-corrected chi connectivity index (χ2v) is 11.1. The summed E-state index contributed by atoms with van der Waals surface area (Å²) < 4.78 is 13.1. The van der Waals surface area contributed by atoms with Crippen molar-refractivity contribution in [2.24, 2.45) is 0 Å². The third-order valence-corrected chi connectivity index (χ3v) is 7.82. The molecule has 0 bridgehead atoms. The predicted molar refractivity (Wildman–Crippen MR) is 123 cm³/mol. The molecule has 0 radical (unpaired) electrons. The van der Waals surface area contributed by atoms with Crippen molar-refractivity contribution in [3.05, 3.63) is 45.1 Å². The molecule has 2 aromatic rings. The van der Waals surface area contributed by atoms with E-state index in [1.807, 2.05) is 39.8 Å². The number of carbonyl (C=O) groups excluding carboxylic acids is 1. The molecule has 0 atom stereocenters. The molecule has 0 spiro atoms. The summed E-state index contributed by atoms with van der Waals surface area (Å²) >= 11 is 1.03. The normalized spacial score (nSPS) is 12.8. The molecule has 0 aliphatic carbocycles. The van der Waals surface area contributed by atoms with Gasteiger partial charge in [-0.1, -0.05) is 0 Å². The predicted octanol–water partition coefficient (Wildman–Crippen LogP) is 3.69. The van der Waals surface area contributed by atoms with E-state index in [0.717, 1.165) is 34.2 Å². The summed E-state index contributed by atoms with van der Waals surface area (Å²) in [4.78, 5) is 17.0. The number of hydrogen-bond acceptors (Lipinski definition) is 8. The monoisotopic (exact) mass is 459 g/mol. The molecule has 2 N–H and O–H groups in total. The molecule has 0 saturated heterocycles. The number of aliphatic hydroxyl groups excluding tert-OH is 1.